The van der Waals surface area contributed by atoms with Crippen molar-refractivity contribution in [1.82, 2.24) is 0 Å². The summed E-state index contributed by atoms with van der Waals surface area (Å²) < 4.78 is 4.65. The second kappa shape index (κ2) is 10.4. The van der Waals surface area contributed by atoms with Gasteiger partial charge >= 0.3 is 5.97 Å². The molecule has 1 atom stereocenters. The van der Waals surface area contributed by atoms with Crippen molar-refractivity contribution in [3.63, 3.8) is 0 Å². The predicted molar refractivity (Wildman–Crippen MR) is 51.0 cm³/mol. The van der Waals surface area contributed by atoms with E-state index in [1.54, 1.807) is 6.92 Å². The van der Waals surface area contributed by atoms with Crippen LogP contribution in [-0.4, -0.2) is 24.3 Å². The maximum Gasteiger partial charge on any atom is 0.308 e. The Balaban J connectivity index is -0.000000405. The summed E-state index contributed by atoms with van der Waals surface area (Å²) in [5.74, 6) is -0.275. The van der Waals surface area contributed by atoms with Crippen LogP contribution >= 0.6 is 0 Å². The lowest BCUT2D eigenvalue weighted by molar-refractivity contribution is -0.148. The topological polar surface area (TPSA) is 46.5 Å². The van der Waals surface area contributed by atoms with Crippen LogP contribution in [0.2, 0.25) is 0 Å². The summed E-state index contributed by atoms with van der Waals surface area (Å²) in [5.41, 5.74) is 0. The first-order chi connectivity index (χ1) is 4.72. The predicted octanol–water partition coefficient (Wildman–Crippen LogP) is 1.84. The third-order valence-corrected chi connectivity index (χ3v) is 1.35. The van der Waals surface area contributed by atoms with Crippen molar-refractivity contribution in [2.24, 2.45) is 5.92 Å². The summed E-state index contributed by atoms with van der Waals surface area (Å²) >= 11 is 0. The van der Waals surface area contributed by atoms with E-state index in [0.717, 1.165) is 6.42 Å². The average Bonchev–Trinajstić information content (AvgIpc) is 1.98. The molecule has 0 rings (SSSR count). The SMILES string of the molecule is C.C.CCC(C)C(=O)OCCO. The number of esters is 1. The number of carbonyl (C=O) groups is 1. The monoisotopic (exact) mass is 178 g/mol. The van der Waals surface area contributed by atoms with E-state index in [1.165, 1.54) is 0 Å². The minimum Gasteiger partial charge on any atom is -0.463 e. The molecule has 3 heteroatoms. The molecule has 0 aromatic heterocycles. The molecule has 0 aliphatic heterocycles. The van der Waals surface area contributed by atoms with Crippen LogP contribution in [0.4, 0.5) is 0 Å². The second-order valence-corrected chi connectivity index (χ2v) is 2.20. The summed E-state index contributed by atoms with van der Waals surface area (Å²) in [7, 11) is 0. The summed E-state index contributed by atoms with van der Waals surface area (Å²) in [6.07, 6.45) is 0.782. The molecule has 0 amide bonds. The smallest absolute Gasteiger partial charge is 0.308 e. The van der Waals surface area contributed by atoms with E-state index in [-0.39, 0.29) is 40.0 Å². The number of rotatable bonds is 4. The Morgan fingerprint density at radius 2 is 2.00 bits per heavy atom. The van der Waals surface area contributed by atoms with Crippen molar-refractivity contribution < 1.29 is 14.6 Å². The summed E-state index contributed by atoms with van der Waals surface area (Å²) in [5, 5.41) is 8.29. The minimum atomic E-state index is -0.225. The van der Waals surface area contributed by atoms with Crippen LogP contribution in [0.15, 0.2) is 0 Å². The van der Waals surface area contributed by atoms with Gasteiger partial charge in [0.1, 0.15) is 6.61 Å². The Kier molecular flexibility index (Phi) is 15.2. The molecule has 0 radical (unpaired) electrons. The molecule has 0 aromatic carbocycles. The van der Waals surface area contributed by atoms with Crippen molar-refractivity contribution in [3.05, 3.63) is 0 Å². The summed E-state index contributed by atoms with van der Waals surface area (Å²) in [6.45, 7) is 3.75. The van der Waals surface area contributed by atoms with Crippen molar-refractivity contribution in [1.29, 1.82) is 0 Å². The van der Waals surface area contributed by atoms with Gasteiger partial charge in [0.2, 0.25) is 0 Å². The molecule has 0 saturated carbocycles. The van der Waals surface area contributed by atoms with Crippen molar-refractivity contribution in [2.75, 3.05) is 13.2 Å². The van der Waals surface area contributed by atoms with E-state index in [9.17, 15) is 4.79 Å². The van der Waals surface area contributed by atoms with E-state index in [1.807, 2.05) is 6.92 Å². The lowest BCUT2D eigenvalue weighted by Crippen LogP contribution is -2.15. The molecule has 1 unspecified atom stereocenters. The molecular weight excluding hydrogens is 156 g/mol. The molecule has 3 nitrogen and oxygen atoms in total. The third kappa shape index (κ3) is 7.54. The number of aliphatic hydroxyl groups excluding tert-OH is 1. The highest BCUT2D eigenvalue weighted by atomic mass is 16.5. The molecule has 0 spiro atoms. The molecule has 76 valence electrons. The molecule has 0 aliphatic rings. The van der Waals surface area contributed by atoms with E-state index in [2.05, 4.69) is 4.74 Å². The molecule has 0 bridgehead atoms. The van der Waals surface area contributed by atoms with Gasteiger partial charge in [-0.15, -0.1) is 0 Å². The van der Waals surface area contributed by atoms with Gasteiger partial charge in [-0.2, -0.15) is 0 Å². The van der Waals surface area contributed by atoms with Gasteiger partial charge < -0.3 is 9.84 Å². The van der Waals surface area contributed by atoms with Gasteiger partial charge in [-0.1, -0.05) is 28.7 Å². The van der Waals surface area contributed by atoms with Gasteiger partial charge in [-0.05, 0) is 6.42 Å². The number of aliphatic hydroxyl groups is 1. The minimum absolute atomic E-state index is 0. The maximum absolute atomic E-state index is 10.8. The highest BCUT2D eigenvalue weighted by molar-refractivity contribution is 5.71. The second-order valence-electron chi connectivity index (χ2n) is 2.20. The molecule has 1 N–H and O–H groups in total. The number of carbonyl (C=O) groups excluding carboxylic acids is 1. The van der Waals surface area contributed by atoms with Gasteiger partial charge in [-0.25, -0.2) is 0 Å². The number of hydrogen-bond acceptors (Lipinski definition) is 3. The zero-order chi connectivity index (χ0) is 7.98. The quantitative estimate of drug-likeness (QED) is 0.668. The van der Waals surface area contributed by atoms with Crippen LogP contribution in [0.1, 0.15) is 35.1 Å². The van der Waals surface area contributed by atoms with Gasteiger partial charge in [0.15, 0.2) is 0 Å². The Hall–Kier alpha value is -0.570. The fraction of sp³-hybridized carbons (Fsp3) is 0.889. The molecule has 0 aliphatic carbocycles. The molecule has 0 saturated heterocycles. The largest absolute Gasteiger partial charge is 0.463 e. The zero-order valence-electron chi connectivity index (χ0n) is 6.46. The highest BCUT2D eigenvalue weighted by Gasteiger charge is 2.10. The van der Waals surface area contributed by atoms with Crippen molar-refractivity contribution in [3.8, 4) is 0 Å². The van der Waals surface area contributed by atoms with E-state index in [4.69, 9.17) is 5.11 Å². The molecule has 12 heavy (non-hydrogen) atoms. The van der Waals surface area contributed by atoms with Crippen LogP contribution in [0.5, 0.6) is 0 Å². The maximum atomic E-state index is 10.8. The van der Waals surface area contributed by atoms with Gasteiger partial charge in [0, 0.05) is 0 Å². The van der Waals surface area contributed by atoms with E-state index >= 15 is 0 Å². The zero-order valence-corrected chi connectivity index (χ0v) is 6.46. The van der Waals surface area contributed by atoms with Gasteiger partial charge in [0.25, 0.3) is 0 Å². The Bertz CT molecular complexity index is 102. The third-order valence-electron chi connectivity index (χ3n) is 1.35. The molecular formula is C9H22O3. The normalized spacial score (nSPS) is 10.6. The van der Waals surface area contributed by atoms with Crippen LogP contribution in [-0.2, 0) is 9.53 Å². The standard InChI is InChI=1S/C7H14O3.2CH4/c1-3-6(2)7(9)10-5-4-8;;/h6,8H,3-5H2,1-2H3;2*1H4. The lowest BCUT2D eigenvalue weighted by Gasteiger charge is -2.06. The van der Waals surface area contributed by atoms with Crippen molar-refractivity contribution >= 4 is 5.97 Å². The summed E-state index contributed by atoms with van der Waals surface area (Å²) in [4.78, 5) is 10.8. The van der Waals surface area contributed by atoms with Crippen LogP contribution in [0.3, 0.4) is 0 Å². The molecule has 0 heterocycles. The van der Waals surface area contributed by atoms with E-state index < -0.39 is 0 Å². The van der Waals surface area contributed by atoms with Gasteiger partial charge in [0.05, 0.1) is 12.5 Å². The molecule has 0 aromatic rings. The Morgan fingerprint density at radius 1 is 1.50 bits per heavy atom. The highest BCUT2D eigenvalue weighted by Crippen LogP contribution is 2.02. The fourth-order valence-electron chi connectivity index (χ4n) is 0.455. The summed E-state index contributed by atoms with van der Waals surface area (Å²) in [6, 6.07) is 0. The van der Waals surface area contributed by atoms with Crippen LogP contribution in [0.25, 0.3) is 0 Å². The molecule has 0 fully saturated rings. The first-order valence-corrected chi connectivity index (χ1v) is 3.49. The first-order valence-electron chi connectivity index (χ1n) is 3.49. The van der Waals surface area contributed by atoms with Gasteiger partial charge in [-0.3, -0.25) is 4.79 Å². The average molecular weight is 178 g/mol. The van der Waals surface area contributed by atoms with Crippen LogP contribution in [0, 0.1) is 5.92 Å². The first kappa shape index (κ1) is 17.5. The number of hydrogen-bond donors (Lipinski definition) is 1. The fourth-order valence-corrected chi connectivity index (χ4v) is 0.455. The van der Waals surface area contributed by atoms with Crippen molar-refractivity contribution in [2.45, 2.75) is 35.1 Å². The number of ether oxygens (including phenoxy) is 1. The Labute approximate surface area is 75.7 Å². The van der Waals surface area contributed by atoms with E-state index in [0.29, 0.717) is 0 Å². The van der Waals surface area contributed by atoms with Crippen LogP contribution < -0.4 is 0 Å². The Morgan fingerprint density at radius 3 is 2.33 bits per heavy atom. The lowest BCUT2D eigenvalue weighted by atomic mass is 10.1.